The topological polar surface area (TPSA) is 79.8 Å². The molecule has 4 aromatic rings. The van der Waals surface area contributed by atoms with Gasteiger partial charge in [-0.05, 0) is 89.7 Å². The molecule has 0 radical (unpaired) electrons. The molecule has 0 atom stereocenters. The van der Waals surface area contributed by atoms with Crippen molar-refractivity contribution in [3.05, 3.63) is 94.6 Å². The molecule has 0 saturated heterocycles. The molecule has 6 nitrogen and oxygen atoms in total. The van der Waals surface area contributed by atoms with Crippen molar-refractivity contribution in [2.45, 2.75) is 26.9 Å². The lowest BCUT2D eigenvalue weighted by atomic mass is 9.87. The summed E-state index contributed by atoms with van der Waals surface area (Å²) in [5, 5.41) is 14.6. The minimum absolute atomic E-state index is 0.0217. The van der Waals surface area contributed by atoms with E-state index in [1.54, 1.807) is 13.1 Å². The predicted octanol–water partition coefficient (Wildman–Crippen LogP) is 6.49. The standard InChI is InChI=1S/C33H34F2N2O4/c1-19-23(21-12-29(34)27(16-36-3)31(14-21)40-4)8-6-10-25(19)26-11-7-9-24(20(26)2)22-13-30(35)28(32(15-22)41-5)17-37-18-33(38)39/h6-15,36-37H,16-18H2,1-5H3,(H,38,39). The lowest BCUT2D eigenvalue weighted by Gasteiger charge is -2.18. The summed E-state index contributed by atoms with van der Waals surface area (Å²) in [7, 11) is 4.75. The van der Waals surface area contributed by atoms with Gasteiger partial charge in [0.15, 0.2) is 0 Å². The second-order valence-electron chi connectivity index (χ2n) is 9.76. The van der Waals surface area contributed by atoms with Crippen LogP contribution in [0.2, 0.25) is 0 Å². The molecule has 0 fully saturated rings. The fourth-order valence-electron chi connectivity index (χ4n) is 5.19. The molecule has 8 heteroatoms. The molecule has 4 rings (SSSR count). The molecule has 0 heterocycles. The highest BCUT2D eigenvalue weighted by molar-refractivity contribution is 5.84. The van der Waals surface area contributed by atoms with Crippen LogP contribution >= 0.6 is 0 Å². The number of nitrogens with one attached hydrogen (secondary N) is 2. The zero-order valence-electron chi connectivity index (χ0n) is 23.8. The molecular weight excluding hydrogens is 526 g/mol. The van der Waals surface area contributed by atoms with E-state index >= 15 is 8.78 Å². The van der Waals surface area contributed by atoms with Crippen molar-refractivity contribution in [3.63, 3.8) is 0 Å². The summed E-state index contributed by atoms with van der Waals surface area (Å²) >= 11 is 0. The number of halogens is 2. The quantitative estimate of drug-likeness (QED) is 0.195. The van der Waals surface area contributed by atoms with Crippen LogP contribution in [0.5, 0.6) is 11.5 Å². The molecule has 0 aliphatic carbocycles. The molecule has 0 bridgehead atoms. The van der Waals surface area contributed by atoms with Crippen molar-refractivity contribution >= 4 is 5.97 Å². The maximum absolute atomic E-state index is 15.2. The largest absolute Gasteiger partial charge is 0.496 e. The second kappa shape index (κ2) is 12.9. The van der Waals surface area contributed by atoms with Crippen LogP contribution in [0.3, 0.4) is 0 Å². The van der Waals surface area contributed by atoms with Crippen molar-refractivity contribution in [2.75, 3.05) is 27.8 Å². The smallest absolute Gasteiger partial charge is 0.317 e. The van der Waals surface area contributed by atoms with Crippen LogP contribution < -0.4 is 20.1 Å². The lowest BCUT2D eigenvalue weighted by molar-refractivity contribution is -0.136. The number of aliphatic carboxylic acids is 1. The van der Waals surface area contributed by atoms with Crippen LogP contribution in [0.15, 0.2) is 60.7 Å². The average molecular weight is 561 g/mol. The first-order valence-electron chi connectivity index (χ1n) is 13.2. The second-order valence-corrected chi connectivity index (χ2v) is 9.76. The number of hydrogen-bond donors (Lipinski definition) is 3. The van der Waals surface area contributed by atoms with E-state index in [0.717, 1.165) is 33.4 Å². The van der Waals surface area contributed by atoms with Gasteiger partial charge < -0.3 is 25.2 Å². The summed E-state index contributed by atoms with van der Waals surface area (Å²) in [5.41, 5.74) is 7.66. The Morgan fingerprint density at radius 1 is 0.756 bits per heavy atom. The Bertz CT molecular complexity index is 1590. The van der Waals surface area contributed by atoms with Gasteiger partial charge in [-0.25, -0.2) is 8.78 Å². The molecule has 0 aliphatic heterocycles. The van der Waals surface area contributed by atoms with Gasteiger partial charge in [-0.3, -0.25) is 4.79 Å². The Morgan fingerprint density at radius 3 is 1.61 bits per heavy atom. The number of rotatable bonds is 11. The van der Waals surface area contributed by atoms with E-state index < -0.39 is 11.8 Å². The molecule has 0 aliphatic rings. The van der Waals surface area contributed by atoms with E-state index in [2.05, 4.69) is 10.6 Å². The Kier molecular flexibility index (Phi) is 9.37. The van der Waals surface area contributed by atoms with Crippen molar-refractivity contribution in [1.82, 2.24) is 10.6 Å². The number of carbonyl (C=O) groups is 1. The summed E-state index contributed by atoms with van der Waals surface area (Å²) in [5.74, 6) is -1.04. The molecule has 41 heavy (non-hydrogen) atoms. The van der Waals surface area contributed by atoms with E-state index in [1.165, 1.54) is 26.4 Å². The van der Waals surface area contributed by atoms with Crippen molar-refractivity contribution in [1.29, 1.82) is 0 Å². The number of carboxylic acid groups (broad SMARTS) is 1. The molecule has 0 spiro atoms. The Balaban J connectivity index is 1.77. The molecule has 0 unspecified atom stereocenters. The molecule has 214 valence electrons. The molecule has 3 N–H and O–H groups in total. The Hall–Kier alpha value is -4.27. The van der Waals surface area contributed by atoms with E-state index in [4.69, 9.17) is 14.6 Å². The first kappa shape index (κ1) is 29.7. The number of benzene rings is 4. The number of hydrogen-bond acceptors (Lipinski definition) is 5. The Morgan fingerprint density at radius 2 is 1.20 bits per heavy atom. The van der Waals surface area contributed by atoms with E-state index in [1.807, 2.05) is 56.3 Å². The molecule has 0 aromatic heterocycles. The van der Waals surface area contributed by atoms with Crippen LogP contribution in [0.1, 0.15) is 22.3 Å². The molecular formula is C33H34F2N2O4. The van der Waals surface area contributed by atoms with Crippen LogP contribution in [0.25, 0.3) is 33.4 Å². The minimum atomic E-state index is -1.03. The number of methoxy groups -OCH3 is 2. The van der Waals surface area contributed by atoms with E-state index in [9.17, 15) is 4.79 Å². The van der Waals surface area contributed by atoms with E-state index in [-0.39, 0.29) is 24.5 Å². The number of carboxylic acids is 1. The van der Waals surface area contributed by atoms with Gasteiger partial charge in [0.2, 0.25) is 0 Å². The zero-order chi connectivity index (χ0) is 29.7. The van der Waals surface area contributed by atoms with Crippen molar-refractivity contribution < 1.29 is 28.2 Å². The van der Waals surface area contributed by atoms with Gasteiger partial charge in [0.05, 0.1) is 20.8 Å². The normalized spacial score (nSPS) is 11.0. The third-order valence-corrected chi connectivity index (χ3v) is 7.26. The van der Waals surface area contributed by atoms with Gasteiger partial charge in [-0.15, -0.1) is 0 Å². The lowest BCUT2D eigenvalue weighted by Crippen LogP contribution is -2.22. The van der Waals surface area contributed by atoms with Crippen LogP contribution in [-0.2, 0) is 17.9 Å². The predicted molar refractivity (Wildman–Crippen MR) is 157 cm³/mol. The van der Waals surface area contributed by atoms with E-state index in [0.29, 0.717) is 34.7 Å². The zero-order valence-corrected chi connectivity index (χ0v) is 23.8. The SMILES string of the molecule is CNCc1c(F)cc(-c2cccc(-c3cccc(-c4cc(F)c(CNCC(=O)O)c(OC)c4)c3C)c2C)cc1OC. The average Bonchev–Trinajstić information content (AvgIpc) is 2.95. The summed E-state index contributed by atoms with van der Waals surface area (Å²) < 4.78 is 41.3. The van der Waals surface area contributed by atoms with Crippen LogP contribution in [-0.4, -0.2) is 38.9 Å². The van der Waals surface area contributed by atoms with Gasteiger partial charge in [0.1, 0.15) is 23.1 Å². The fourth-order valence-corrected chi connectivity index (χ4v) is 5.19. The molecule has 4 aromatic carbocycles. The minimum Gasteiger partial charge on any atom is -0.496 e. The third-order valence-electron chi connectivity index (χ3n) is 7.26. The maximum Gasteiger partial charge on any atom is 0.317 e. The molecule has 0 saturated carbocycles. The summed E-state index contributed by atoms with van der Waals surface area (Å²) in [6.45, 7) is 4.08. The van der Waals surface area contributed by atoms with Gasteiger partial charge in [-0.2, -0.15) is 0 Å². The summed E-state index contributed by atoms with van der Waals surface area (Å²) in [6, 6.07) is 18.4. The van der Waals surface area contributed by atoms with Crippen molar-refractivity contribution in [3.8, 4) is 44.9 Å². The van der Waals surface area contributed by atoms with Gasteiger partial charge in [0, 0.05) is 24.2 Å². The highest BCUT2D eigenvalue weighted by Gasteiger charge is 2.18. The van der Waals surface area contributed by atoms with Crippen LogP contribution in [0.4, 0.5) is 8.78 Å². The monoisotopic (exact) mass is 560 g/mol. The molecule has 0 amide bonds. The highest BCUT2D eigenvalue weighted by Crippen LogP contribution is 2.39. The summed E-state index contributed by atoms with van der Waals surface area (Å²) in [6.07, 6.45) is 0. The Labute approximate surface area is 239 Å². The number of ether oxygens (including phenoxy) is 2. The van der Waals surface area contributed by atoms with Gasteiger partial charge >= 0.3 is 5.97 Å². The van der Waals surface area contributed by atoms with Crippen LogP contribution in [0, 0.1) is 25.5 Å². The highest BCUT2D eigenvalue weighted by atomic mass is 19.1. The first-order chi connectivity index (χ1) is 19.7. The third kappa shape index (κ3) is 6.24. The fraction of sp³-hybridized carbons (Fsp3) is 0.242. The maximum atomic E-state index is 15.2. The van der Waals surface area contributed by atoms with Gasteiger partial charge in [0.25, 0.3) is 0 Å². The first-order valence-corrected chi connectivity index (χ1v) is 13.2. The van der Waals surface area contributed by atoms with Crippen molar-refractivity contribution in [2.24, 2.45) is 0 Å². The van der Waals surface area contributed by atoms with Gasteiger partial charge in [-0.1, -0.05) is 36.4 Å². The summed E-state index contributed by atoms with van der Waals surface area (Å²) in [4.78, 5) is 10.8.